The summed E-state index contributed by atoms with van der Waals surface area (Å²) >= 11 is 5.98. The number of carbonyl (C=O) groups is 1. The molecule has 1 N–H and O–H groups in total. The summed E-state index contributed by atoms with van der Waals surface area (Å²) in [6.07, 6.45) is 0. The van der Waals surface area contributed by atoms with Gasteiger partial charge < -0.3 is 15.1 Å². The SMILES string of the molecule is CN(C)C[C@@H]1CN(C)C[C@H]1NC(=O)c1cc(F)ccc1Cl. The number of nitrogens with zero attached hydrogens (tertiary/aromatic N) is 2. The molecule has 21 heavy (non-hydrogen) atoms. The summed E-state index contributed by atoms with van der Waals surface area (Å²) in [6.45, 7) is 2.61. The van der Waals surface area contributed by atoms with Crippen molar-refractivity contribution in [3.8, 4) is 0 Å². The van der Waals surface area contributed by atoms with E-state index in [0.29, 0.717) is 5.92 Å². The molecule has 0 spiro atoms. The van der Waals surface area contributed by atoms with Gasteiger partial charge in [0.15, 0.2) is 0 Å². The van der Waals surface area contributed by atoms with E-state index in [2.05, 4.69) is 15.1 Å². The zero-order valence-electron chi connectivity index (χ0n) is 12.6. The fourth-order valence-electron chi connectivity index (χ4n) is 2.82. The minimum Gasteiger partial charge on any atom is -0.348 e. The molecule has 0 unspecified atom stereocenters. The van der Waals surface area contributed by atoms with Crippen molar-refractivity contribution in [3.63, 3.8) is 0 Å². The minimum absolute atomic E-state index is 0.0456. The second-order valence-corrected chi connectivity index (χ2v) is 6.35. The lowest BCUT2D eigenvalue weighted by molar-refractivity contribution is 0.0927. The third kappa shape index (κ3) is 4.15. The molecule has 1 aliphatic rings. The molecule has 0 saturated carbocycles. The van der Waals surface area contributed by atoms with Crippen LogP contribution in [0.2, 0.25) is 5.02 Å². The molecule has 1 fully saturated rings. The topological polar surface area (TPSA) is 35.6 Å². The van der Waals surface area contributed by atoms with E-state index in [0.717, 1.165) is 19.6 Å². The number of carbonyl (C=O) groups excluding carboxylic acids is 1. The summed E-state index contributed by atoms with van der Waals surface area (Å²) in [5.41, 5.74) is 0.190. The minimum atomic E-state index is -0.460. The van der Waals surface area contributed by atoms with Crippen molar-refractivity contribution in [2.75, 3.05) is 40.8 Å². The molecular formula is C15H21ClFN3O. The van der Waals surface area contributed by atoms with Crippen molar-refractivity contribution in [1.82, 2.24) is 15.1 Å². The van der Waals surface area contributed by atoms with E-state index in [-0.39, 0.29) is 22.5 Å². The van der Waals surface area contributed by atoms with E-state index in [1.807, 2.05) is 21.1 Å². The first-order valence-electron chi connectivity index (χ1n) is 6.96. The molecule has 1 heterocycles. The van der Waals surface area contributed by atoms with Crippen LogP contribution in [-0.4, -0.2) is 62.5 Å². The Labute approximate surface area is 129 Å². The van der Waals surface area contributed by atoms with Crippen LogP contribution < -0.4 is 5.32 Å². The number of hydrogen-bond acceptors (Lipinski definition) is 3. The molecule has 116 valence electrons. The van der Waals surface area contributed by atoms with Gasteiger partial charge >= 0.3 is 0 Å². The van der Waals surface area contributed by atoms with Crippen molar-refractivity contribution in [2.45, 2.75) is 6.04 Å². The lowest BCUT2D eigenvalue weighted by Crippen LogP contribution is -2.43. The molecule has 1 aromatic carbocycles. The zero-order valence-corrected chi connectivity index (χ0v) is 13.3. The van der Waals surface area contributed by atoms with Crippen LogP contribution in [0, 0.1) is 11.7 Å². The van der Waals surface area contributed by atoms with Crippen LogP contribution >= 0.6 is 11.6 Å². The maximum absolute atomic E-state index is 13.3. The number of rotatable bonds is 4. The van der Waals surface area contributed by atoms with Crippen molar-refractivity contribution < 1.29 is 9.18 Å². The van der Waals surface area contributed by atoms with Crippen LogP contribution in [0.3, 0.4) is 0 Å². The first kappa shape index (κ1) is 16.2. The van der Waals surface area contributed by atoms with E-state index in [1.165, 1.54) is 18.2 Å². The van der Waals surface area contributed by atoms with Crippen molar-refractivity contribution in [2.24, 2.45) is 5.92 Å². The average molecular weight is 314 g/mol. The number of hydrogen-bond donors (Lipinski definition) is 1. The van der Waals surface area contributed by atoms with E-state index < -0.39 is 5.82 Å². The molecular weight excluding hydrogens is 293 g/mol. The molecule has 0 bridgehead atoms. The van der Waals surface area contributed by atoms with E-state index in [1.54, 1.807) is 0 Å². The number of likely N-dealkylation sites (tertiary alicyclic amines) is 1. The molecule has 0 aliphatic carbocycles. The first-order valence-corrected chi connectivity index (χ1v) is 7.34. The van der Waals surface area contributed by atoms with Gasteiger partial charge in [0.2, 0.25) is 0 Å². The quantitative estimate of drug-likeness (QED) is 0.919. The highest BCUT2D eigenvalue weighted by molar-refractivity contribution is 6.33. The van der Waals surface area contributed by atoms with Gasteiger partial charge in [-0.25, -0.2) is 4.39 Å². The van der Waals surface area contributed by atoms with E-state index in [9.17, 15) is 9.18 Å². The lowest BCUT2D eigenvalue weighted by Gasteiger charge is -2.23. The summed E-state index contributed by atoms with van der Waals surface area (Å²) in [7, 11) is 6.06. The number of nitrogens with one attached hydrogen (secondary N) is 1. The third-order valence-corrected chi connectivity index (χ3v) is 4.04. The predicted octanol–water partition coefficient (Wildman–Crippen LogP) is 1.70. The summed E-state index contributed by atoms with van der Waals surface area (Å²) in [5.74, 6) is -0.428. The number of amides is 1. The summed E-state index contributed by atoms with van der Waals surface area (Å²) in [6, 6.07) is 3.88. The average Bonchev–Trinajstić information content (AvgIpc) is 2.71. The standard InChI is InChI=1S/C15H21ClFN3O/c1-19(2)7-10-8-20(3)9-14(10)18-15(21)12-6-11(17)4-5-13(12)16/h4-6,10,14H,7-9H2,1-3H3,(H,18,21)/t10-,14-/m1/s1. The van der Waals surface area contributed by atoms with Gasteiger partial charge in [-0.3, -0.25) is 4.79 Å². The van der Waals surface area contributed by atoms with Crippen LogP contribution in [0.1, 0.15) is 10.4 Å². The zero-order chi connectivity index (χ0) is 15.6. The van der Waals surface area contributed by atoms with Gasteiger partial charge in [-0.05, 0) is 39.3 Å². The normalized spacial score (nSPS) is 22.8. The van der Waals surface area contributed by atoms with Crippen LogP contribution in [0.5, 0.6) is 0 Å². The Morgan fingerprint density at radius 2 is 2.19 bits per heavy atom. The Bertz CT molecular complexity index is 524. The molecule has 4 nitrogen and oxygen atoms in total. The highest BCUT2D eigenvalue weighted by atomic mass is 35.5. The third-order valence-electron chi connectivity index (χ3n) is 3.71. The van der Waals surface area contributed by atoms with Gasteiger partial charge in [-0.2, -0.15) is 0 Å². The van der Waals surface area contributed by atoms with Crippen molar-refractivity contribution in [1.29, 1.82) is 0 Å². The summed E-state index contributed by atoms with van der Waals surface area (Å²) in [5, 5.41) is 3.26. The molecule has 0 aromatic heterocycles. The number of halogens is 2. The maximum atomic E-state index is 13.3. The maximum Gasteiger partial charge on any atom is 0.253 e. The smallest absolute Gasteiger partial charge is 0.253 e. The Balaban J connectivity index is 2.09. The van der Waals surface area contributed by atoms with Gasteiger partial charge in [0.1, 0.15) is 5.82 Å². The fourth-order valence-corrected chi connectivity index (χ4v) is 3.03. The number of benzene rings is 1. The molecule has 6 heteroatoms. The van der Waals surface area contributed by atoms with Crippen molar-refractivity contribution >= 4 is 17.5 Å². The highest BCUT2D eigenvalue weighted by Crippen LogP contribution is 2.20. The molecule has 1 aliphatic heterocycles. The number of likely N-dealkylation sites (N-methyl/N-ethyl adjacent to an activating group) is 1. The molecule has 1 saturated heterocycles. The second kappa shape index (κ2) is 6.73. The van der Waals surface area contributed by atoms with Gasteiger partial charge in [0.05, 0.1) is 10.6 Å². The second-order valence-electron chi connectivity index (χ2n) is 5.95. The Morgan fingerprint density at radius 3 is 2.86 bits per heavy atom. The molecule has 2 rings (SSSR count). The highest BCUT2D eigenvalue weighted by Gasteiger charge is 2.32. The predicted molar refractivity (Wildman–Crippen MR) is 82.2 cm³/mol. The Morgan fingerprint density at radius 1 is 1.48 bits per heavy atom. The molecule has 2 atom stereocenters. The summed E-state index contributed by atoms with van der Waals surface area (Å²) in [4.78, 5) is 16.6. The Hall–Kier alpha value is -1.17. The summed E-state index contributed by atoms with van der Waals surface area (Å²) < 4.78 is 13.3. The van der Waals surface area contributed by atoms with Crippen LogP contribution in [0.4, 0.5) is 4.39 Å². The Kier molecular flexibility index (Phi) is 5.19. The van der Waals surface area contributed by atoms with Crippen molar-refractivity contribution in [3.05, 3.63) is 34.6 Å². The van der Waals surface area contributed by atoms with Gasteiger partial charge in [-0.15, -0.1) is 0 Å². The lowest BCUT2D eigenvalue weighted by atomic mass is 10.0. The van der Waals surface area contributed by atoms with E-state index >= 15 is 0 Å². The van der Waals surface area contributed by atoms with E-state index in [4.69, 9.17) is 11.6 Å². The monoisotopic (exact) mass is 313 g/mol. The molecule has 0 radical (unpaired) electrons. The van der Waals surface area contributed by atoms with Gasteiger partial charge in [0.25, 0.3) is 5.91 Å². The van der Waals surface area contributed by atoms with Gasteiger partial charge in [-0.1, -0.05) is 11.6 Å². The van der Waals surface area contributed by atoms with Gasteiger partial charge in [0, 0.05) is 31.6 Å². The van der Waals surface area contributed by atoms with Crippen LogP contribution in [-0.2, 0) is 0 Å². The molecule has 1 amide bonds. The van der Waals surface area contributed by atoms with Crippen LogP contribution in [0.25, 0.3) is 0 Å². The fraction of sp³-hybridized carbons (Fsp3) is 0.533. The first-order chi connectivity index (χ1) is 9.86. The van der Waals surface area contributed by atoms with Crippen LogP contribution in [0.15, 0.2) is 18.2 Å². The molecule has 1 aromatic rings. The largest absolute Gasteiger partial charge is 0.348 e.